The van der Waals surface area contributed by atoms with Gasteiger partial charge in [0.05, 0.1) is 0 Å². The van der Waals surface area contributed by atoms with E-state index in [1.165, 1.54) is 76.2 Å². The van der Waals surface area contributed by atoms with Gasteiger partial charge in [-0.05, 0) is 166 Å². The molecule has 0 aromatic carbocycles. The van der Waals surface area contributed by atoms with Gasteiger partial charge in [-0.3, -0.25) is 0 Å². The fourth-order valence-corrected chi connectivity index (χ4v) is 12.6. The molecule has 0 saturated heterocycles. The SMILES string of the molecule is C1=CC2C3=C(CCC(C4=CC5=C(C=CC6C7=C(C=CC56)CCC=C7)CC4)=C3)C3=C(C=C(C4=CC=C5C=CC6C7=C(C=CC6C5C4)CCC=C7)CC3)C2C=C1. The molecule has 0 radical (unpaired) electrons. The minimum Gasteiger partial charge on any atom is -0.0839 e. The molecule has 0 saturated carbocycles. The molecule has 0 fully saturated rings. The fourth-order valence-electron chi connectivity index (χ4n) is 12.6. The van der Waals surface area contributed by atoms with Crippen molar-refractivity contribution < 1.29 is 0 Å². The Bertz CT molecular complexity index is 2360. The summed E-state index contributed by atoms with van der Waals surface area (Å²) in [7, 11) is 0. The Kier molecular flexibility index (Phi) is 7.28. The maximum atomic E-state index is 2.68. The first-order valence-corrected chi connectivity index (χ1v) is 21.3. The van der Waals surface area contributed by atoms with Crippen molar-refractivity contribution in [1.29, 1.82) is 0 Å². The van der Waals surface area contributed by atoms with E-state index in [0.717, 1.165) is 0 Å². The van der Waals surface area contributed by atoms with Gasteiger partial charge in [0, 0.05) is 29.6 Å². The van der Waals surface area contributed by atoms with Crippen LogP contribution in [0.1, 0.15) is 70.6 Å². The molecule has 12 aliphatic carbocycles. The van der Waals surface area contributed by atoms with Crippen LogP contribution in [-0.4, -0.2) is 0 Å². The van der Waals surface area contributed by atoms with Gasteiger partial charge in [0.15, 0.2) is 0 Å². The van der Waals surface area contributed by atoms with E-state index in [9.17, 15) is 0 Å². The van der Waals surface area contributed by atoms with Crippen LogP contribution in [-0.2, 0) is 0 Å². The Hall–Kier alpha value is -4.68. The zero-order valence-electron chi connectivity index (χ0n) is 31.4. The summed E-state index contributed by atoms with van der Waals surface area (Å²) in [6.45, 7) is 0. The van der Waals surface area contributed by atoms with Crippen molar-refractivity contribution in [3.05, 3.63) is 211 Å². The Morgan fingerprint density at radius 1 is 0.389 bits per heavy atom. The molecule has 266 valence electrons. The van der Waals surface area contributed by atoms with Crippen molar-refractivity contribution in [2.45, 2.75) is 70.6 Å². The lowest BCUT2D eigenvalue weighted by molar-refractivity contribution is 0.374. The van der Waals surface area contributed by atoms with E-state index in [-0.39, 0.29) is 0 Å². The van der Waals surface area contributed by atoms with Crippen molar-refractivity contribution in [2.75, 3.05) is 0 Å². The largest absolute Gasteiger partial charge is 0.0839 e. The number of allylic oxidation sites excluding steroid dienone is 36. The molecule has 0 heterocycles. The van der Waals surface area contributed by atoms with Crippen LogP contribution < -0.4 is 0 Å². The summed E-state index contributed by atoms with van der Waals surface area (Å²) < 4.78 is 0. The van der Waals surface area contributed by atoms with Crippen LogP contribution in [0.4, 0.5) is 0 Å². The molecule has 0 spiro atoms. The molecule has 54 heavy (non-hydrogen) atoms. The maximum Gasteiger partial charge on any atom is 0.0128 e. The molecule has 7 unspecified atom stereocenters. The smallest absolute Gasteiger partial charge is 0.0128 e. The van der Waals surface area contributed by atoms with Crippen molar-refractivity contribution in [3.63, 3.8) is 0 Å². The summed E-state index contributed by atoms with van der Waals surface area (Å²) in [5.74, 6) is 3.55. The molecule has 0 aromatic heterocycles. The monoisotopic (exact) mass is 698 g/mol. The maximum absolute atomic E-state index is 2.68. The van der Waals surface area contributed by atoms with E-state index in [2.05, 4.69) is 128 Å². The normalized spacial score (nSPS) is 35.1. The summed E-state index contributed by atoms with van der Waals surface area (Å²) >= 11 is 0. The second kappa shape index (κ2) is 12.4. The van der Waals surface area contributed by atoms with Gasteiger partial charge < -0.3 is 0 Å². The molecule has 12 rings (SSSR count). The van der Waals surface area contributed by atoms with E-state index in [4.69, 9.17) is 0 Å². The van der Waals surface area contributed by atoms with Gasteiger partial charge in [0.2, 0.25) is 0 Å². The Balaban J connectivity index is 0.854. The highest BCUT2D eigenvalue weighted by Gasteiger charge is 2.40. The second-order valence-electron chi connectivity index (χ2n) is 17.8. The topological polar surface area (TPSA) is 0 Å². The van der Waals surface area contributed by atoms with Crippen LogP contribution in [0.3, 0.4) is 0 Å². The predicted octanol–water partition coefficient (Wildman–Crippen LogP) is 13.3. The zero-order valence-corrected chi connectivity index (χ0v) is 31.4. The summed E-state index contributed by atoms with van der Waals surface area (Å²) in [4.78, 5) is 0. The van der Waals surface area contributed by atoms with Crippen molar-refractivity contribution in [2.24, 2.45) is 41.4 Å². The van der Waals surface area contributed by atoms with Gasteiger partial charge in [-0.25, -0.2) is 0 Å². The van der Waals surface area contributed by atoms with Gasteiger partial charge in [-0.1, -0.05) is 128 Å². The standard InChI is InChI=1S/C54H50/c1-3-9-41-33(7-1)17-25-47-45(41)23-19-35-13-15-37(29-51(35)47)39-21-27-49-50-28-22-40(32-54(50)44-12-6-5-11-43(44)53(49)31-39)38-16-14-36-20-24-46-42-10-4-2-8-34(42)18-26-48(46)52(36)30-38/h3-6,9-13,15,17-20,23-26,30-32,43-48,51H,1-2,7-8,14,16,21-22,27-29H2. The van der Waals surface area contributed by atoms with Crippen LogP contribution in [0.2, 0.25) is 0 Å². The molecule has 0 amide bonds. The number of hydrogen-bond acceptors (Lipinski definition) is 0. The van der Waals surface area contributed by atoms with E-state index < -0.39 is 0 Å². The van der Waals surface area contributed by atoms with Gasteiger partial charge in [-0.15, -0.1) is 0 Å². The van der Waals surface area contributed by atoms with Gasteiger partial charge in [-0.2, -0.15) is 0 Å². The molecule has 0 N–H and O–H groups in total. The van der Waals surface area contributed by atoms with Gasteiger partial charge in [0.1, 0.15) is 0 Å². The summed E-state index contributed by atoms with van der Waals surface area (Å²) in [6.07, 6.45) is 65.3. The average molecular weight is 699 g/mol. The lowest BCUT2D eigenvalue weighted by atomic mass is 9.62. The van der Waals surface area contributed by atoms with E-state index in [1.54, 1.807) is 78.0 Å². The summed E-state index contributed by atoms with van der Waals surface area (Å²) in [5.41, 5.74) is 24.0. The molecular formula is C54H50. The molecular weight excluding hydrogens is 649 g/mol. The van der Waals surface area contributed by atoms with E-state index >= 15 is 0 Å². The Morgan fingerprint density at radius 2 is 0.926 bits per heavy atom. The lowest BCUT2D eigenvalue weighted by Gasteiger charge is -2.42. The van der Waals surface area contributed by atoms with E-state index in [0.29, 0.717) is 41.4 Å². The first kappa shape index (κ1) is 31.6. The molecule has 12 aliphatic rings. The molecule has 0 aliphatic heterocycles. The Morgan fingerprint density at radius 3 is 1.63 bits per heavy atom. The summed E-state index contributed by atoms with van der Waals surface area (Å²) in [5, 5.41) is 0. The van der Waals surface area contributed by atoms with Crippen molar-refractivity contribution >= 4 is 0 Å². The highest BCUT2D eigenvalue weighted by molar-refractivity contribution is 5.64. The number of hydrogen-bond donors (Lipinski definition) is 0. The molecule has 0 bridgehead atoms. The van der Waals surface area contributed by atoms with Gasteiger partial charge in [0.25, 0.3) is 0 Å². The number of fused-ring (bicyclic) bond motifs is 11. The van der Waals surface area contributed by atoms with Crippen LogP contribution in [0.25, 0.3) is 0 Å². The average Bonchev–Trinajstić information content (AvgIpc) is 3.25. The third kappa shape index (κ3) is 4.87. The van der Waals surface area contributed by atoms with Crippen molar-refractivity contribution in [3.8, 4) is 0 Å². The lowest BCUT2D eigenvalue weighted by Crippen LogP contribution is -2.31. The Labute approximate surface area is 322 Å². The first-order chi connectivity index (χ1) is 26.7. The summed E-state index contributed by atoms with van der Waals surface area (Å²) in [6, 6.07) is 0. The minimum atomic E-state index is 0.439. The minimum absolute atomic E-state index is 0.439. The van der Waals surface area contributed by atoms with Crippen LogP contribution in [0.5, 0.6) is 0 Å². The van der Waals surface area contributed by atoms with Crippen LogP contribution >= 0.6 is 0 Å². The molecule has 0 aromatic rings. The highest BCUT2D eigenvalue weighted by atomic mass is 14.4. The highest BCUT2D eigenvalue weighted by Crippen LogP contribution is 2.54. The quantitative estimate of drug-likeness (QED) is 0.269. The third-order valence-electron chi connectivity index (χ3n) is 15.3. The van der Waals surface area contributed by atoms with Crippen LogP contribution in [0, 0.1) is 41.4 Å². The second-order valence-corrected chi connectivity index (χ2v) is 17.8. The molecule has 0 heteroatoms. The fraction of sp³-hybridized carbons (Fsp3) is 0.333. The zero-order chi connectivity index (χ0) is 35.3. The number of rotatable bonds is 2. The predicted molar refractivity (Wildman–Crippen MR) is 224 cm³/mol. The third-order valence-corrected chi connectivity index (χ3v) is 15.3. The molecule has 7 atom stereocenters. The van der Waals surface area contributed by atoms with Crippen LogP contribution in [0.15, 0.2) is 211 Å². The van der Waals surface area contributed by atoms with E-state index in [1.807, 2.05) is 0 Å². The molecule has 0 nitrogen and oxygen atoms in total. The van der Waals surface area contributed by atoms with Crippen molar-refractivity contribution in [1.82, 2.24) is 0 Å². The first-order valence-electron chi connectivity index (χ1n) is 21.3. The van der Waals surface area contributed by atoms with Gasteiger partial charge >= 0.3 is 0 Å².